The van der Waals surface area contributed by atoms with Gasteiger partial charge in [0.25, 0.3) is 5.91 Å². The number of nitrogens with zero attached hydrogens (tertiary/aromatic N) is 1. The van der Waals surface area contributed by atoms with Gasteiger partial charge in [0.15, 0.2) is 21.3 Å². The molecule has 6 nitrogen and oxygen atoms in total. The Bertz CT molecular complexity index is 978. The average Bonchev–Trinajstić information content (AvgIpc) is 3.36. The molecule has 1 fully saturated rings. The number of benzene rings is 2. The zero-order valence-electron chi connectivity index (χ0n) is 15.8. The summed E-state index contributed by atoms with van der Waals surface area (Å²) >= 11 is 0. The van der Waals surface area contributed by atoms with Crippen molar-refractivity contribution >= 4 is 15.7 Å². The molecular formula is C21H23NO5S. The van der Waals surface area contributed by atoms with Gasteiger partial charge in [-0.2, -0.15) is 0 Å². The third kappa shape index (κ3) is 3.85. The fourth-order valence-corrected chi connectivity index (χ4v) is 4.46. The number of hydrogen-bond acceptors (Lipinski definition) is 5. The molecule has 2 aromatic carbocycles. The molecule has 0 unspecified atom stereocenters. The summed E-state index contributed by atoms with van der Waals surface area (Å²) in [5, 5.41) is 0. The number of carbonyl (C=O) groups excluding carboxylic acids is 1. The second kappa shape index (κ2) is 7.47. The summed E-state index contributed by atoms with van der Waals surface area (Å²) in [5.41, 5.74) is 1.48. The van der Waals surface area contributed by atoms with Crippen molar-refractivity contribution in [1.29, 1.82) is 0 Å². The lowest BCUT2D eigenvalue weighted by atomic mass is 10.1. The van der Waals surface area contributed by atoms with Crippen molar-refractivity contribution < 1.29 is 22.7 Å². The minimum absolute atomic E-state index is 0.0791. The van der Waals surface area contributed by atoms with E-state index < -0.39 is 9.84 Å². The smallest absolute Gasteiger partial charge is 0.254 e. The Kier molecular flexibility index (Phi) is 5.02. The number of carbonyl (C=O) groups is 1. The summed E-state index contributed by atoms with van der Waals surface area (Å²) in [6.45, 7) is 0.699. The largest absolute Gasteiger partial charge is 0.454 e. The summed E-state index contributed by atoms with van der Waals surface area (Å²) in [7, 11) is -3.29. The van der Waals surface area contributed by atoms with Crippen molar-refractivity contribution in [2.45, 2.75) is 43.2 Å². The topological polar surface area (TPSA) is 72.9 Å². The van der Waals surface area contributed by atoms with Gasteiger partial charge < -0.3 is 14.4 Å². The lowest BCUT2D eigenvalue weighted by Crippen LogP contribution is -2.38. The first-order valence-electron chi connectivity index (χ1n) is 9.41. The first kappa shape index (κ1) is 18.8. The van der Waals surface area contributed by atoms with Gasteiger partial charge in [-0.1, -0.05) is 18.9 Å². The van der Waals surface area contributed by atoms with Crippen LogP contribution in [0.25, 0.3) is 0 Å². The molecule has 148 valence electrons. The van der Waals surface area contributed by atoms with Crippen LogP contribution in [0, 0.1) is 0 Å². The highest BCUT2D eigenvalue weighted by Gasteiger charge is 2.28. The predicted octanol–water partition coefficient (Wildman–Crippen LogP) is 3.40. The zero-order chi connectivity index (χ0) is 19.7. The summed E-state index contributed by atoms with van der Waals surface area (Å²) in [4.78, 5) is 15.4. The van der Waals surface area contributed by atoms with E-state index in [-0.39, 0.29) is 23.6 Å². The molecule has 2 aromatic rings. The molecular weight excluding hydrogens is 378 g/mol. The quantitative estimate of drug-likeness (QED) is 0.768. The van der Waals surface area contributed by atoms with Crippen LogP contribution in [0.4, 0.5) is 0 Å². The summed E-state index contributed by atoms with van der Waals surface area (Å²) in [5.74, 6) is 1.34. The second-order valence-electron chi connectivity index (χ2n) is 7.36. The van der Waals surface area contributed by atoms with Gasteiger partial charge in [0.05, 0.1) is 4.90 Å². The van der Waals surface area contributed by atoms with Crippen LogP contribution in [-0.2, 0) is 16.4 Å². The number of ether oxygens (including phenoxy) is 2. The Balaban J connectivity index is 1.59. The summed E-state index contributed by atoms with van der Waals surface area (Å²) in [6.07, 6.45) is 5.36. The van der Waals surface area contributed by atoms with Crippen LogP contribution < -0.4 is 9.47 Å². The van der Waals surface area contributed by atoms with Gasteiger partial charge in [0.1, 0.15) is 0 Å². The first-order valence-corrected chi connectivity index (χ1v) is 11.3. The highest BCUT2D eigenvalue weighted by atomic mass is 32.2. The SMILES string of the molecule is CS(=O)(=O)c1ccc(C(=O)N(Cc2ccc3c(c2)OCO3)C2CCCC2)cc1. The molecule has 0 atom stereocenters. The van der Waals surface area contributed by atoms with Crippen LogP contribution in [0.15, 0.2) is 47.4 Å². The van der Waals surface area contributed by atoms with E-state index in [9.17, 15) is 13.2 Å². The van der Waals surface area contributed by atoms with Gasteiger partial charge in [0, 0.05) is 24.4 Å². The highest BCUT2D eigenvalue weighted by molar-refractivity contribution is 7.90. The molecule has 1 amide bonds. The van der Waals surface area contributed by atoms with Gasteiger partial charge >= 0.3 is 0 Å². The molecule has 0 bridgehead atoms. The van der Waals surface area contributed by atoms with E-state index in [1.165, 1.54) is 12.1 Å². The maximum absolute atomic E-state index is 13.3. The van der Waals surface area contributed by atoms with Crippen molar-refractivity contribution in [3.63, 3.8) is 0 Å². The molecule has 1 saturated carbocycles. The van der Waals surface area contributed by atoms with E-state index in [4.69, 9.17) is 9.47 Å². The fourth-order valence-electron chi connectivity index (χ4n) is 3.83. The average molecular weight is 401 g/mol. The molecule has 28 heavy (non-hydrogen) atoms. The monoisotopic (exact) mass is 401 g/mol. The number of fused-ring (bicyclic) bond motifs is 1. The summed E-state index contributed by atoms with van der Waals surface area (Å²) < 4.78 is 34.2. The fraction of sp³-hybridized carbons (Fsp3) is 0.381. The molecule has 0 radical (unpaired) electrons. The van der Waals surface area contributed by atoms with Gasteiger partial charge in [0.2, 0.25) is 6.79 Å². The minimum atomic E-state index is -3.29. The molecule has 1 aliphatic carbocycles. The second-order valence-corrected chi connectivity index (χ2v) is 9.37. The maximum atomic E-state index is 13.3. The van der Waals surface area contributed by atoms with E-state index in [1.54, 1.807) is 12.1 Å². The van der Waals surface area contributed by atoms with Crippen molar-refractivity contribution in [1.82, 2.24) is 4.90 Å². The highest BCUT2D eigenvalue weighted by Crippen LogP contribution is 2.34. The Morgan fingerprint density at radius 3 is 2.39 bits per heavy atom. The molecule has 7 heteroatoms. The minimum Gasteiger partial charge on any atom is -0.454 e. The van der Waals surface area contributed by atoms with Crippen molar-refractivity contribution in [3.8, 4) is 11.5 Å². The van der Waals surface area contributed by atoms with Crippen LogP contribution in [-0.4, -0.2) is 38.3 Å². The molecule has 1 aliphatic heterocycles. The number of rotatable bonds is 5. The molecule has 1 heterocycles. The third-order valence-corrected chi connectivity index (χ3v) is 6.47. The zero-order valence-corrected chi connectivity index (χ0v) is 16.6. The van der Waals surface area contributed by atoms with Crippen molar-refractivity contribution in [3.05, 3.63) is 53.6 Å². The summed E-state index contributed by atoms with van der Waals surface area (Å²) in [6, 6.07) is 12.1. The van der Waals surface area contributed by atoms with Gasteiger partial charge in [-0.05, 0) is 54.8 Å². The van der Waals surface area contributed by atoms with E-state index in [0.29, 0.717) is 17.9 Å². The molecule has 0 aromatic heterocycles. The van der Waals surface area contributed by atoms with Gasteiger partial charge in [-0.15, -0.1) is 0 Å². The van der Waals surface area contributed by atoms with Crippen molar-refractivity contribution in [2.24, 2.45) is 0 Å². The van der Waals surface area contributed by atoms with Crippen LogP contribution in [0.5, 0.6) is 11.5 Å². The molecule has 0 N–H and O–H groups in total. The number of hydrogen-bond donors (Lipinski definition) is 0. The number of amides is 1. The van der Waals surface area contributed by atoms with Crippen LogP contribution in [0.1, 0.15) is 41.6 Å². The van der Waals surface area contributed by atoms with Crippen LogP contribution in [0.2, 0.25) is 0 Å². The Labute approximate surface area is 165 Å². The van der Waals surface area contributed by atoms with E-state index in [2.05, 4.69) is 0 Å². The number of sulfone groups is 1. The Hall–Kier alpha value is -2.54. The lowest BCUT2D eigenvalue weighted by molar-refractivity contribution is 0.0664. The van der Waals surface area contributed by atoms with Gasteiger partial charge in [-0.25, -0.2) is 8.42 Å². The van der Waals surface area contributed by atoms with Gasteiger partial charge in [-0.3, -0.25) is 4.79 Å². The van der Waals surface area contributed by atoms with Crippen LogP contribution >= 0.6 is 0 Å². The van der Waals surface area contributed by atoms with E-state index in [0.717, 1.165) is 43.3 Å². The third-order valence-electron chi connectivity index (χ3n) is 5.35. The van der Waals surface area contributed by atoms with E-state index >= 15 is 0 Å². The van der Waals surface area contributed by atoms with Crippen molar-refractivity contribution in [2.75, 3.05) is 13.0 Å². The van der Waals surface area contributed by atoms with Crippen LogP contribution in [0.3, 0.4) is 0 Å². The molecule has 2 aliphatic rings. The maximum Gasteiger partial charge on any atom is 0.254 e. The predicted molar refractivity (Wildman–Crippen MR) is 104 cm³/mol. The first-order chi connectivity index (χ1) is 13.4. The lowest BCUT2D eigenvalue weighted by Gasteiger charge is -2.29. The normalized spacial score (nSPS) is 16.3. The molecule has 0 spiro atoms. The standard InChI is InChI=1S/C21H23NO5S/c1-28(24,25)18-9-7-16(8-10-18)21(23)22(17-4-2-3-5-17)13-15-6-11-19-20(12-15)27-14-26-19/h6-12,17H,2-5,13-14H2,1H3. The van der Waals surface area contributed by atoms with E-state index in [1.807, 2.05) is 23.1 Å². The molecule has 0 saturated heterocycles. The Morgan fingerprint density at radius 2 is 1.71 bits per heavy atom. The Morgan fingerprint density at radius 1 is 1.04 bits per heavy atom. The molecule has 4 rings (SSSR count).